The van der Waals surface area contributed by atoms with E-state index >= 15 is 0 Å². The number of unbranched alkanes of at least 4 members (excludes halogenated alkanes) is 2. The highest BCUT2D eigenvalue weighted by molar-refractivity contribution is 5.72. The summed E-state index contributed by atoms with van der Waals surface area (Å²) < 4.78 is 0. The maximum absolute atomic E-state index is 9.44. The predicted octanol–water partition coefficient (Wildman–Crippen LogP) is 8.04. The lowest BCUT2D eigenvalue weighted by molar-refractivity contribution is -0.114. The Kier molecular flexibility index (Phi) is 34.3. The molecule has 0 aliphatic rings. The van der Waals surface area contributed by atoms with Crippen molar-refractivity contribution in [2.24, 2.45) is 5.92 Å². The van der Waals surface area contributed by atoms with Gasteiger partial charge < -0.3 is 4.79 Å². The first-order valence-corrected chi connectivity index (χ1v) is 9.73. The summed E-state index contributed by atoms with van der Waals surface area (Å²) in [6, 6.07) is 8.61. The largest absolute Gasteiger partial charge is 0.300 e. The molecule has 0 saturated carbocycles. The summed E-state index contributed by atoms with van der Waals surface area (Å²) in [5.41, 5.74) is 2.78. The molecule has 0 fully saturated rings. The Hall–Kier alpha value is -1.11. The summed E-state index contributed by atoms with van der Waals surface area (Å²) in [7, 11) is 0. The third-order valence-corrected chi connectivity index (χ3v) is 2.20. The van der Waals surface area contributed by atoms with Crippen LogP contribution < -0.4 is 0 Å². The number of hydrogen-bond donors (Lipinski definition) is 0. The summed E-state index contributed by atoms with van der Waals surface area (Å²) in [5.74, 6) is 1.00. The molecule has 24 heavy (non-hydrogen) atoms. The molecular formula is C23H46O. The van der Waals surface area contributed by atoms with Gasteiger partial charge in [-0.2, -0.15) is 0 Å². The van der Waals surface area contributed by atoms with Crippen LogP contribution in [0.5, 0.6) is 0 Å². The van der Waals surface area contributed by atoms with E-state index in [1.54, 1.807) is 0 Å². The van der Waals surface area contributed by atoms with E-state index in [4.69, 9.17) is 0 Å². The number of ketones is 1. The minimum Gasteiger partial charge on any atom is -0.300 e. The van der Waals surface area contributed by atoms with Crippen LogP contribution in [-0.2, 0) is 11.2 Å². The molecule has 0 aromatic heterocycles. The highest BCUT2D eigenvalue weighted by Gasteiger charge is 1.85. The summed E-state index contributed by atoms with van der Waals surface area (Å²) in [6.07, 6.45) is 5.22. The second kappa shape index (κ2) is 26.8. The fraction of sp³-hybridized carbons (Fsp3) is 0.696. The van der Waals surface area contributed by atoms with Crippen LogP contribution in [-0.4, -0.2) is 5.78 Å². The van der Waals surface area contributed by atoms with Crippen molar-refractivity contribution < 1.29 is 4.79 Å². The molecule has 1 aromatic rings. The van der Waals surface area contributed by atoms with E-state index in [1.807, 2.05) is 13.8 Å². The lowest BCUT2D eigenvalue weighted by Gasteiger charge is -1.95. The molecule has 0 saturated heterocycles. The molecular weight excluding hydrogens is 292 g/mol. The van der Waals surface area contributed by atoms with Gasteiger partial charge in [-0.3, -0.25) is 0 Å². The zero-order chi connectivity index (χ0) is 20.0. The van der Waals surface area contributed by atoms with Crippen molar-refractivity contribution in [2.75, 3.05) is 0 Å². The van der Waals surface area contributed by atoms with Gasteiger partial charge in [0, 0.05) is 0 Å². The van der Waals surface area contributed by atoms with Crippen molar-refractivity contribution in [1.29, 1.82) is 0 Å². The number of carbonyl (C=O) groups is 1. The molecule has 0 aliphatic heterocycles. The van der Waals surface area contributed by atoms with Crippen LogP contribution in [0.4, 0.5) is 0 Å². The van der Waals surface area contributed by atoms with Gasteiger partial charge in [-0.25, -0.2) is 0 Å². The third-order valence-electron chi connectivity index (χ3n) is 2.20. The first-order chi connectivity index (χ1) is 11.2. The van der Waals surface area contributed by atoms with E-state index < -0.39 is 0 Å². The second-order valence-corrected chi connectivity index (χ2v) is 6.34. The zero-order valence-corrected chi connectivity index (χ0v) is 18.6. The van der Waals surface area contributed by atoms with E-state index in [9.17, 15) is 4.79 Å². The van der Waals surface area contributed by atoms with E-state index in [0.717, 1.165) is 12.3 Å². The normalized spacial score (nSPS) is 8.17. The van der Waals surface area contributed by atoms with Crippen LogP contribution in [0.25, 0.3) is 0 Å². The molecule has 0 bridgehead atoms. The minimum atomic E-state index is 0.167. The molecule has 1 heteroatoms. The first kappa shape index (κ1) is 30.7. The van der Waals surface area contributed by atoms with Crippen LogP contribution in [0.1, 0.15) is 99.6 Å². The first-order valence-electron chi connectivity index (χ1n) is 9.73. The lowest BCUT2D eigenvalue weighted by Crippen LogP contribution is -1.78. The van der Waals surface area contributed by atoms with Crippen LogP contribution in [0, 0.1) is 12.8 Å². The molecule has 0 atom stereocenters. The molecule has 0 aliphatic carbocycles. The quantitative estimate of drug-likeness (QED) is 0.545. The van der Waals surface area contributed by atoms with Gasteiger partial charge in [-0.05, 0) is 38.7 Å². The molecule has 0 heterocycles. The van der Waals surface area contributed by atoms with Crippen molar-refractivity contribution in [2.45, 2.75) is 102 Å². The number of hydrogen-bond acceptors (Lipinski definition) is 1. The van der Waals surface area contributed by atoms with Crippen molar-refractivity contribution in [3.05, 3.63) is 35.4 Å². The summed E-state index contributed by atoms with van der Waals surface area (Å²) in [6.45, 7) is 22.3. The molecule has 1 rings (SSSR count). The third kappa shape index (κ3) is 49.7. The lowest BCUT2D eigenvalue weighted by atomic mass is 10.1. The van der Waals surface area contributed by atoms with E-state index in [1.165, 1.54) is 44.2 Å². The Morgan fingerprint density at radius 1 is 0.958 bits per heavy atom. The Morgan fingerprint density at radius 3 is 1.50 bits per heavy atom. The van der Waals surface area contributed by atoms with Crippen LogP contribution in [0.3, 0.4) is 0 Å². The molecule has 1 nitrogen and oxygen atoms in total. The highest BCUT2D eigenvalue weighted by Crippen LogP contribution is 2.03. The van der Waals surface area contributed by atoms with Crippen LogP contribution in [0.15, 0.2) is 24.3 Å². The topological polar surface area (TPSA) is 17.1 Å². The van der Waals surface area contributed by atoms with Gasteiger partial charge in [0.1, 0.15) is 5.78 Å². The monoisotopic (exact) mass is 338 g/mol. The minimum absolute atomic E-state index is 0.167. The van der Waals surface area contributed by atoms with Crippen molar-refractivity contribution in [3.63, 3.8) is 0 Å². The number of carbonyl (C=O) groups excluding carboxylic acids is 1. The second-order valence-electron chi connectivity index (χ2n) is 6.34. The van der Waals surface area contributed by atoms with Gasteiger partial charge in [-0.15, -0.1) is 0 Å². The van der Waals surface area contributed by atoms with Crippen LogP contribution in [0.2, 0.25) is 0 Å². The van der Waals surface area contributed by atoms with Gasteiger partial charge in [0.25, 0.3) is 0 Å². The predicted molar refractivity (Wildman–Crippen MR) is 114 cm³/mol. The fourth-order valence-corrected chi connectivity index (χ4v) is 1.29. The molecule has 144 valence electrons. The van der Waals surface area contributed by atoms with Gasteiger partial charge in [0.2, 0.25) is 0 Å². The number of aryl methyl sites for hydroxylation is 2. The Bertz CT molecular complexity index is 331. The molecule has 0 N–H and O–H groups in total. The molecule has 0 amide bonds. The average Bonchev–Trinajstić information content (AvgIpc) is 2.49. The van der Waals surface area contributed by atoms with Crippen LogP contribution >= 0.6 is 0 Å². The number of Topliss-reactive ketones (excluding diaryl/α,β-unsaturated/α-hetero) is 1. The molecule has 0 spiro atoms. The van der Waals surface area contributed by atoms with Crippen molar-refractivity contribution in [3.8, 4) is 0 Å². The van der Waals surface area contributed by atoms with E-state index in [-0.39, 0.29) is 5.78 Å². The van der Waals surface area contributed by atoms with E-state index in [2.05, 4.69) is 72.7 Å². The summed E-state index contributed by atoms with van der Waals surface area (Å²) in [5, 5.41) is 0. The average molecular weight is 339 g/mol. The standard InChI is InChI=1S/C9H12.C5H12.C4H10.C3H6O.C2H6/c1-3-9-6-4-5-8(2)7-9;1-3-5-4-2;1-4(2)3;1-3(2)4;1-2/h4-7H,3H2,1-2H3;3-5H2,1-2H3;4H,1-3H3;1-2H3;1-2H3. The summed E-state index contributed by atoms with van der Waals surface area (Å²) in [4.78, 5) is 9.44. The SMILES string of the molecule is CC.CC(C)=O.CC(C)C.CCCCC.CCc1cccc(C)c1. The summed E-state index contributed by atoms with van der Waals surface area (Å²) >= 11 is 0. The number of benzene rings is 1. The molecule has 0 unspecified atom stereocenters. The fourth-order valence-electron chi connectivity index (χ4n) is 1.29. The van der Waals surface area contributed by atoms with Gasteiger partial charge >= 0.3 is 0 Å². The Balaban J connectivity index is -0.000000116. The molecule has 1 aromatic carbocycles. The maximum atomic E-state index is 9.44. The van der Waals surface area contributed by atoms with Gasteiger partial charge in [-0.1, -0.05) is 104 Å². The number of rotatable bonds is 3. The van der Waals surface area contributed by atoms with E-state index in [0.29, 0.717) is 0 Å². The maximum Gasteiger partial charge on any atom is 0.126 e. The molecule has 0 radical (unpaired) electrons. The zero-order valence-electron chi connectivity index (χ0n) is 18.6. The Labute approximate surface area is 154 Å². The highest BCUT2D eigenvalue weighted by atomic mass is 16.1. The smallest absolute Gasteiger partial charge is 0.126 e. The van der Waals surface area contributed by atoms with Crippen molar-refractivity contribution >= 4 is 5.78 Å². The van der Waals surface area contributed by atoms with Gasteiger partial charge in [0.05, 0.1) is 0 Å². The van der Waals surface area contributed by atoms with Gasteiger partial charge in [0.15, 0.2) is 0 Å². The van der Waals surface area contributed by atoms with Crippen molar-refractivity contribution in [1.82, 2.24) is 0 Å². The Morgan fingerprint density at radius 2 is 1.33 bits per heavy atom.